The molecule has 66 valence electrons. The Kier molecular flexibility index (Phi) is 3.25. The first-order valence-electron chi connectivity index (χ1n) is 3.22. The van der Waals surface area contributed by atoms with Crippen LogP contribution in [0.5, 0.6) is 0 Å². The Balaban J connectivity index is 2.78. The van der Waals surface area contributed by atoms with Crippen LogP contribution in [0.3, 0.4) is 0 Å². The molecule has 0 spiro atoms. The van der Waals surface area contributed by atoms with Crippen molar-refractivity contribution in [3.05, 3.63) is 20.8 Å². The highest BCUT2D eigenvalue weighted by Crippen LogP contribution is 2.22. The van der Waals surface area contributed by atoms with Gasteiger partial charge < -0.3 is 0 Å². The van der Waals surface area contributed by atoms with E-state index in [9.17, 15) is 4.79 Å². The summed E-state index contributed by atoms with van der Waals surface area (Å²) in [6, 6.07) is 3.59. The molecule has 0 atom stereocenters. The van der Waals surface area contributed by atoms with Crippen molar-refractivity contribution >= 4 is 33.2 Å². The quantitative estimate of drug-likeness (QED) is 0.752. The zero-order valence-electron chi connectivity index (χ0n) is 6.70. The molecule has 0 radical (unpaired) electrons. The zero-order chi connectivity index (χ0) is 9.14. The van der Waals surface area contributed by atoms with E-state index in [1.165, 1.54) is 23.5 Å². The van der Waals surface area contributed by atoms with E-state index >= 15 is 0 Å². The summed E-state index contributed by atoms with van der Waals surface area (Å²) in [6.45, 7) is 0. The highest BCUT2D eigenvalue weighted by atomic mass is 79.9. The number of hydrogen-bond acceptors (Lipinski definition) is 3. The minimum absolute atomic E-state index is 0.131. The van der Waals surface area contributed by atoms with Gasteiger partial charge in [-0.3, -0.25) is 9.63 Å². The Morgan fingerprint density at radius 2 is 2.33 bits per heavy atom. The summed E-state index contributed by atoms with van der Waals surface area (Å²) in [6.07, 6.45) is 0. The van der Waals surface area contributed by atoms with E-state index in [4.69, 9.17) is 4.84 Å². The molecule has 12 heavy (non-hydrogen) atoms. The average molecular weight is 250 g/mol. The molecule has 5 heteroatoms. The van der Waals surface area contributed by atoms with Crippen molar-refractivity contribution in [3.8, 4) is 0 Å². The highest BCUT2D eigenvalue weighted by Gasteiger charge is 2.12. The molecule has 0 aliphatic rings. The topological polar surface area (TPSA) is 29.5 Å². The Labute approximate surface area is 83.0 Å². The van der Waals surface area contributed by atoms with Gasteiger partial charge in [0.1, 0.15) is 0 Å². The van der Waals surface area contributed by atoms with Gasteiger partial charge in [-0.1, -0.05) is 0 Å². The standard InChI is InChI=1S/C7H8BrNO2S/c1-9(11-2)7(10)5-3-4-6(8)12-5/h3-4H,1-2H3. The molecule has 1 amide bonds. The van der Waals surface area contributed by atoms with Gasteiger partial charge in [-0.25, -0.2) is 5.06 Å². The second-order valence-corrected chi connectivity index (χ2v) is 4.55. The van der Waals surface area contributed by atoms with Crippen molar-refractivity contribution in [2.75, 3.05) is 14.2 Å². The number of halogens is 1. The summed E-state index contributed by atoms with van der Waals surface area (Å²) < 4.78 is 0.940. The average Bonchev–Trinajstić information content (AvgIpc) is 2.49. The zero-order valence-corrected chi connectivity index (χ0v) is 9.11. The first-order chi connectivity index (χ1) is 5.65. The van der Waals surface area contributed by atoms with Gasteiger partial charge in [-0.05, 0) is 28.1 Å². The van der Waals surface area contributed by atoms with Crippen molar-refractivity contribution in [1.29, 1.82) is 0 Å². The van der Waals surface area contributed by atoms with Gasteiger partial charge in [0.2, 0.25) is 0 Å². The number of nitrogens with zero attached hydrogens (tertiary/aromatic N) is 1. The third-order valence-electron chi connectivity index (χ3n) is 1.34. The van der Waals surface area contributed by atoms with Crippen LogP contribution in [0.25, 0.3) is 0 Å². The molecule has 1 aromatic heterocycles. The van der Waals surface area contributed by atoms with Gasteiger partial charge in [0.15, 0.2) is 0 Å². The first kappa shape index (κ1) is 9.70. The van der Waals surface area contributed by atoms with Gasteiger partial charge in [0.25, 0.3) is 5.91 Å². The molecule has 0 fully saturated rings. The van der Waals surface area contributed by atoms with Gasteiger partial charge in [-0.2, -0.15) is 0 Å². The molecule has 0 saturated carbocycles. The Hall–Kier alpha value is -0.390. The third-order valence-corrected chi connectivity index (χ3v) is 2.96. The molecule has 1 rings (SSSR count). The van der Waals surface area contributed by atoms with Crippen LogP contribution in [-0.2, 0) is 4.84 Å². The van der Waals surface area contributed by atoms with E-state index in [0.29, 0.717) is 4.88 Å². The second-order valence-electron chi connectivity index (χ2n) is 2.09. The molecule has 3 nitrogen and oxygen atoms in total. The number of amides is 1. The summed E-state index contributed by atoms with van der Waals surface area (Å²) in [7, 11) is 3.04. The minimum atomic E-state index is -0.131. The van der Waals surface area contributed by atoms with E-state index in [1.807, 2.05) is 6.07 Å². The molecule has 0 N–H and O–H groups in total. The molecule has 0 unspecified atom stereocenters. The van der Waals surface area contributed by atoms with Crippen LogP contribution < -0.4 is 0 Å². The molecule has 0 aliphatic heterocycles. The number of hydroxylamine groups is 2. The first-order valence-corrected chi connectivity index (χ1v) is 4.83. The van der Waals surface area contributed by atoms with Gasteiger partial charge in [0.05, 0.1) is 15.8 Å². The van der Waals surface area contributed by atoms with E-state index in [1.54, 1.807) is 13.1 Å². The van der Waals surface area contributed by atoms with E-state index in [2.05, 4.69) is 15.9 Å². The number of carbonyl (C=O) groups excluding carboxylic acids is 1. The fourth-order valence-electron chi connectivity index (χ4n) is 0.667. The lowest BCUT2D eigenvalue weighted by Gasteiger charge is -2.11. The van der Waals surface area contributed by atoms with Crippen molar-refractivity contribution in [3.63, 3.8) is 0 Å². The lowest BCUT2D eigenvalue weighted by molar-refractivity contribution is -0.0753. The summed E-state index contributed by atoms with van der Waals surface area (Å²) >= 11 is 4.66. The molecular weight excluding hydrogens is 242 g/mol. The Bertz CT molecular complexity index is 287. The summed E-state index contributed by atoms with van der Waals surface area (Å²) in [5.74, 6) is -0.131. The summed E-state index contributed by atoms with van der Waals surface area (Å²) in [5, 5.41) is 1.19. The largest absolute Gasteiger partial charge is 0.287 e. The predicted molar refractivity (Wildman–Crippen MR) is 51.1 cm³/mol. The number of hydrogen-bond donors (Lipinski definition) is 0. The number of thiophene rings is 1. The maximum atomic E-state index is 11.4. The fraction of sp³-hybridized carbons (Fsp3) is 0.286. The lowest BCUT2D eigenvalue weighted by atomic mass is 10.4. The lowest BCUT2D eigenvalue weighted by Crippen LogP contribution is -2.24. The van der Waals surface area contributed by atoms with Crippen molar-refractivity contribution in [2.45, 2.75) is 0 Å². The Morgan fingerprint density at radius 3 is 2.75 bits per heavy atom. The highest BCUT2D eigenvalue weighted by molar-refractivity contribution is 9.11. The van der Waals surface area contributed by atoms with E-state index in [-0.39, 0.29) is 5.91 Å². The van der Waals surface area contributed by atoms with Gasteiger partial charge in [-0.15, -0.1) is 11.3 Å². The van der Waals surface area contributed by atoms with Crippen LogP contribution in [0.15, 0.2) is 15.9 Å². The predicted octanol–water partition coefficient (Wildman–Crippen LogP) is 2.14. The minimum Gasteiger partial charge on any atom is -0.274 e. The summed E-state index contributed by atoms with van der Waals surface area (Å²) in [5.41, 5.74) is 0. The van der Waals surface area contributed by atoms with Crippen molar-refractivity contribution in [2.24, 2.45) is 0 Å². The molecular formula is C7H8BrNO2S. The van der Waals surface area contributed by atoms with Crippen LogP contribution in [0.4, 0.5) is 0 Å². The normalized spacial score (nSPS) is 9.92. The maximum absolute atomic E-state index is 11.4. The Morgan fingerprint density at radius 1 is 1.67 bits per heavy atom. The number of carbonyl (C=O) groups is 1. The van der Waals surface area contributed by atoms with Crippen molar-refractivity contribution < 1.29 is 9.63 Å². The molecule has 0 saturated heterocycles. The van der Waals surface area contributed by atoms with Crippen LogP contribution in [0.1, 0.15) is 9.67 Å². The van der Waals surface area contributed by atoms with E-state index in [0.717, 1.165) is 3.79 Å². The molecule has 0 bridgehead atoms. The fourth-order valence-corrected chi connectivity index (χ4v) is 2.02. The van der Waals surface area contributed by atoms with E-state index < -0.39 is 0 Å². The molecule has 1 heterocycles. The molecule has 0 aliphatic carbocycles. The monoisotopic (exact) mass is 249 g/mol. The molecule has 0 aromatic carbocycles. The van der Waals surface area contributed by atoms with Gasteiger partial charge in [0, 0.05) is 7.05 Å². The van der Waals surface area contributed by atoms with Crippen LogP contribution in [-0.4, -0.2) is 25.1 Å². The maximum Gasteiger partial charge on any atom is 0.287 e. The van der Waals surface area contributed by atoms with Crippen LogP contribution in [0, 0.1) is 0 Å². The smallest absolute Gasteiger partial charge is 0.274 e. The van der Waals surface area contributed by atoms with Crippen molar-refractivity contribution in [1.82, 2.24) is 5.06 Å². The SMILES string of the molecule is CON(C)C(=O)c1ccc(Br)s1. The van der Waals surface area contributed by atoms with Gasteiger partial charge >= 0.3 is 0 Å². The van der Waals surface area contributed by atoms with Crippen LogP contribution in [0.2, 0.25) is 0 Å². The molecule has 1 aromatic rings. The number of rotatable bonds is 2. The summed E-state index contributed by atoms with van der Waals surface area (Å²) in [4.78, 5) is 16.8. The van der Waals surface area contributed by atoms with Crippen LogP contribution >= 0.6 is 27.3 Å². The second kappa shape index (κ2) is 4.02. The third kappa shape index (κ3) is 2.06.